The highest BCUT2D eigenvalue weighted by Gasteiger charge is 2.33. The van der Waals surface area contributed by atoms with Gasteiger partial charge in [0.2, 0.25) is 0 Å². The van der Waals surface area contributed by atoms with Gasteiger partial charge in [-0.25, -0.2) is 0 Å². The Labute approximate surface area is 133 Å². The fraction of sp³-hybridized carbons (Fsp3) is 0.312. The van der Waals surface area contributed by atoms with Gasteiger partial charge in [-0.15, -0.1) is 0 Å². The molecule has 2 heterocycles. The molecule has 5 nitrogen and oxygen atoms in total. The summed E-state index contributed by atoms with van der Waals surface area (Å²) in [6, 6.07) is 8.79. The number of aliphatic hydroxyl groups excluding tert-OH is 1. The number of carbonyl (C=O) groups is 1. The van der Waals surface area contributed by atoms with Crippen molar-refractivity contribution in [2.24, 2.45) is 0 Å². The molecular formula is C16H17ClN2O3. The number of aromatic nitrogens is 1. The number of hydrogen-bond acceptors (Lipinski definition) is 3. The van der Waals surface area contributed by atoms with Crippen molar-refractivity contribution in [1.29, 1.82) is 0 Å². The first-order valence-electron chi connectivity index (χ1n) is 7.04. The molecule has 2 atom stereocenters. The summed E-state index contributed by atoms with van der Waals surface area (Å²) in [6.07, 6.45) is 3.13. The molecule has 1 aliphatic rings. The van der Waals surface area contributed by atoms with E-state index in [1.54, 1.807) is 19.2 Å². The number of benzene rings is 1. The van der Waals surface area contributed by atoms with Crippen LogP contribution in [0.15, 0.2) is 42.7 Å². The van der Waals surface area contributed by atoms with E-state index in [0.29, 0.717) is 17.2 Å². The topological polar surface area (TPSA) is 54.7 Å². The summed E-state index contributed by atoms with van der Waals surface area (Å²) in [6.45, 7) is 0.581. The van der Waals surface area contributed by atoms with Gasteiger partial charge in [0.1, 0.15) is 0 Å². The van der Waals surface area contributed by atoms with Crippen molar-refractivity contribution in [1.82, 2.24) is 9.47 Å². The molecule has 1 aromatic carbocycles. The smallest absolute Gasteiger partial charge is 0.255 e. The molecule has 0 aliphatic carbocycles. The number of halogens is 1. The second-order valence-electron chi connectivity index (χ2n) is 5.34. The highest BCUT2D eigenvalue weighted by atomic mass is 35.5. The first kappa shape index (κ1) is 15.1. The van der Waals surface area contributed by atoms with Gasteiger partial charge >= 0.3 is 0 Å². The predicted octanol–water partition coefficient (Wildman–Crippen LogP) is 1.96. The Balaban J connectivity index is 1.90. The van der Waals surface area contributed by atoms with E-state index in [0.717, 1.165) is 5.69 Å². The van der Waals surface area contributed by atoms with Crippen LogP contribution < -0.4 is 0 Å². The monoisotopic (exact) mass is 320 g/mol. The Morgan fingerprint density at radius 1 is 1.36 bits per heavy atom. The van der Waals surface area contributed by atoms with E-state index in [9.17, 15) is 9.90 Å². The summed E-state index contributed by atoms with van der Waals surface area (Å²) in [5, 5.41) is 10.3. The Bertz CT molecular complexity index is 672. The zero-order valence-corrected chi connectivity index (χ0v) is 12.9. The molecule has 0 bridgehead atoms. The van der Waals surface area contributed by atoms with Crippen LogP contribution >= 0.6 is 11.6 Å². The van der Waals surface area contributed by atoms with Gasteiger partial charge < -0.3 is 19.3 Å². The zero-order chi connectivity index (χ0) is 15.7. The molecule has 1 saturated heterocycles. The predicted molar refractivity (Wildman–Crippen MR) is 83.5 cm³/mol. The van der Waals surface area contributed by atoms with E-state index in [-0.39, 0.29) is 18.6 Å². The molecule has 116 valence electrons. The summed E-state index contributed by atoms with van der Waals surface area (Å²) >= 11 is 6.19. The van der Waals surface area contributed by atoms with Crippen LogP contribution in [-0.4, -0.2) is 52.9 Å². The molecule has 1 aromatic heterocycles. The van der Waals surface area contributed by atoms with Crippen molar-refractivity contribution in [2.75, 3.05) is 20.3 Å². The number of amides is 1. The summed E-state index contributed by atoms with van der Waals surface area (Å²) < 4.78 is 7.11. The van der Waals surface area contributed by atoms with Crippen molar-refractivity contribution in [3.05, 3.63) is 53.3 Å². The Hall–Kier alpha value is -1.82. The molecule has 0 radical (unpaired) electrons. The third-order valence-corrected chi connectivity index (χ3v) is 4.25. The van der Waals surface area contributed by atoms with Crippen LogP contribution in [-0.2, 0) is 4.74 Å². The number of aliphatic hydroxyl groups is 1. The van der Waals surface area contributed by atoms with Gasteiger partial charge in [0, 0.05) is 25.1 Å². The standard InChI is InChI=1S/C16H17ClN2O3/c1-18(14-9-22-10-15(14)20)16(21)12-8-11(4-5-13(12)17)19-6-2-3-7-19/h2-8,14-15,20H,9-10H2,1H3/t14-,15-/m1/s1. The van der Waals surface area contributed by atoms with Crippen molar-refractivity contribution >= 4 is 17.5 Å². The van der Waals surface area contributed by atoms with Crippen LogP contribution in [0, 0.1) is 0 Å². The Kier molecular flexibility index (Phi) is 4.20. The van der Waals surface area contributed by atoms with Crippen LogP contribution in [0.2, 0.25) is 5.02 Å². The molecule has 1 N–H and O–H groups in total. The Morgan fingerprint density at radius 3 is 2.73 bits per heavy atom. The van der Waals surface area contributed by atoms with E-state index in [2.05, 4.69) is 0 Å². The number of likely N-dealkylation sites (N-methyl/N-ethyl adjacent to an activating group) is 1. The third kappa shape index (κ3) is 2.75. The van der Waals surface area contributed by atoms with E-state index in [1.807, 2.05) is 35.2 Å². The third-order valence-electron chi connectivity index (χ3n) is 3.92. The lowest BCUT2D eigenvalue weighted by Crippen LogP contribution is -2.44. The molecule has 6 heteroatoms. The maximum atomic E-state index is 12.7. The molecule has 22 heavy (non-hydrogen) atoms. The van der Waals surface area contributed by atoms with Crippen molar-refractivity contribution in [3.8, 4) is 5.69 Å². The largest absolute Gasteiger partial charge is 0.388 e. The van der Waals surface area contributed by atoms with E-state index in [1.165, 1.54) is 4.90 Å². The van der Waals surface area contributed by atoms with Crippen LogP contribution in [0.25, 0.3) is 5.69 Å². The average Bonchev–Trinajstić information content (AvgIpc) is 3.17. The SMILES string of the molecule is CN(C(=O)c1cc(-n2cccc2)ccc1Cl)[C@@H]1COC[C@H]1O. The van der Waals surface area contributed by atoms with Gasteiger partial charge in [-0.1, -0.05) is 11.6 Å². The number of hydrogen-bond donors (Lipinski definition) is 1. The van der Waals surface area contributed by atoms with Gasteiger partial charge in [0.15, 0.2) is 0 Å². The van der Waals surface area contributed by atoms with E-state index in [4.69, 9.17) is 16.3 Å². The van der Waals surface area contributed by atoms with Gasteiger partial charge in [-0.2, -0.15) is 0 Å². The lowest BCUT2D eigenvalue weighted by molar-refractivity contribution is 0.0581. The average molecular weight is 321 g/mol. The van der Waals surface area contributed by atoms with Crippen LogP contribution in [0.3, 0.4) is 0 Å². The first-order valence-corrected chi connectivity index (χ1v) is 7.41. The molecule has 2 aromatic rings. The maximum Gasteiger partial charge on any atom is 0.255 e. The molecule has 0 unspecified atom stereocenters. The molecule has 1 fully saturated rings. The van der Waals surface area contributed by atoms with Crippen molar-refractivity contribution in [2.45, 2.75) is 12.1 Å². The maximum absolute atomic E-state index is 12.7. The number of carbonyl (C=O) groups excluding carboxylic acids is 1. The van der Waals surface area contributed by atoms with Crippen LogP contribution in [0.4, 0.5) is 0 Å². The molecule has 1 aliphatic heterocycles. The Morgan fingerprint density at radius 2 is 2.09 bits per heavy atom. The fourth-order valence-corrected chi connectivity index (χ4v) is 2.78. The number of rotatable bonds is 3. The minimum absolute atomic E-state index is 0.228. The minimum Gasteiger partial charge on any atom is -0.388 e. The first-order chi connectivity index (χ1) is 10.6. The number of nitrogens with zero attached hydrogens (tertiary/aromatic N) is 2. The normalized spacial score (nSPS) is 21.0. The molecule has 1 amide bonds. The second-order valence-corrected chi connectivity index (χ2v) is 5.75. The second kappa shape index (κ2) is 6.12. The lowest BCUT2D eigenvalue weighted by Gasteiger charge is -2.26. The van der Waals surface area contributed by atoms with Gasteiger partial charge in [0.25, 0.3) is 5.91 Å². The molecule has 3 rings (SSSR count). The molecule has 0 saturated carbocycles. The van der Waals surface area contributed by atoms with Crippen LogP contribution in [0.5, 0.6) is 0 Å². The quantitative estimate of drug-likeness (QED) is 0.940. The van der Waals surface area contributed by atoms with Gasteiger partial charge in [-0.3, -0.25) is 4.79 Å². The summed E-state index contributed by atoms with van der Waals surface area (Å²) in [4.78, 5) is 14.2. The highest BCUT2D eigenvalue weighted by Crippen LogP contribution is 2.23. The highest BCUT2D eigenvalue weighted by molar-refractivity contribution is 6.33. The van der Waals surface area contributed by atoms with Gasteiger partial charge in [0.05, 0.1) is 35.9 Å². The minimum atomic E-state index is -0.666. The lowest BCUT2D eigenvalue weighted by atomic mass is 10.1. The fourth-order valence-electron chi connectivity index (χ4n) is 2.59. The molecule has 0 spiro atoms. The summed E-state index contributed by atoms with van der Waals surface area (Å²) in [5.74, 6) is -0.228. The van der Waals surface area contributed by atoms with E-state index >= 15 is 0 Å². The summed E-state index contributed by atoms with van der Waals surface area (Å²) in [7, 11) is 1.66. The zero-order valence-electron chi connectivity index (χ0n) is 12.1. The van der Waals surface area contributed by atoms with Gasteiger partial charge in [-0.05, 0) is 30.3 Å². The van der Waals surface area contributed by atoms with Crippen molar-refractivity contribution < 1.29 is 14.6 Å². The molecular weight excluding hydrogens is 304 g/mol. The summed E-state index contributed by atoms with van der Waals surface area (Å²) in [5.41, 5.74) is 1.27. The van der Waals surface area contributed by atoms with E-state index < -0.39 is 6.10 Å². The van der Waals surface area contributed by atoms with Crippen molar-refractivity contribution in [3.63, 3.8) is 0 Å². The van der Waals surface area contributed by atoms with Crippen LogP contribution in [0.1, 0.15) is 10.4 Å². The number of ether oxygens (including phenoxy) is 1.